The van der Waals surface area contributed by atoms with Gasteiger partial charge in [0.2, 0.25) is 0 Å². The van der Waals surface area contributed by atoms with Crippen LogP contribution in [-0.4, -0.2) is 11.6 Å². The molecule has 0 aliphatic heterocycles. The van der Waals surface area contributed by atoms with Crippen LogP contribution in [0.15, 0.2) is 85.2 Å². The SMILES string of the molecule is CCOc1ccccc1-c1ccncc1.c1ccccc1. The number of rotatable bonds is 3. The predicted octanol–water partition coefficient (Wildman–Crippen LogP) is 4.83. The smallest absolute Gasteiger partial charge is 0.127 e. The maximum Gasteiger partial charge on any atom is 0.127 e. The summed E-state index contributed by atoms with van der Waals surface area (Å²) in [6.45, 7) is 2.67. The van der Waals surface area contributed by atoms with Crippen molar-refractivity contribution in [3.63, 3.8) is 0 Å². The summed E-state index contributed by atoms with van der Waals surface area (Å²) in [6.07, 6.45) is 3.58. The lowest BCUT2D eigenvalue weighted by molar-refractivity contribution is 0.341. The molecule has 21 heavy (non-hydrogen) atoms. The van der Waals surface area contributed by atoms with E-state index >= 15 is 0 Å². The fourth-order valence-electron chi connectivity index (χ4n) is 1.90. The standard InChI is InChI=1S/C13H13NO.C6H6/c1-2-15-13-6-4-3-5-12(13)11-7-9-14-10-8-11;1-2-4-6-5-3-1/h3-10H,2H2,1H3;1-6H. The third-order valence-corrected chi connectivity index (χ3v) is 2.84. The van der Waals surface area contributed by atoms with Gasteiger partial charge in [0.15, 0.2) is 0 Å². The van der Waals surface area contributed by atoms with Crippen molar-refractivity contribution in [1.29, 1.82) is 0 Å². The Kier molecular flexibility index (Phi) is 6.01. The molecular formula is C19H19NO. The van der Waals surface area contributed by atoms with Crippen molar-refractivity contribution >= 4 is 0 Å². The van der Waals surface area contributed by atoms with E-state index in [0.29, 0.717) is 6.61 Å². The molecule has 1 heterocycles. The minimum Gasteiger partial charge on any atom is -0.493 e. The first-order valence-corrected chi connectivity index (χ1v) is 7.04. The number of nitrogens with zero attached hydrogens (tertiary/aromatic N) is 1. The van der Waals surface area contributed by atoms with Gasteiger partial charge in [-0.3, -0.25) is 4.98 Å². The van der Waals surface area contributed by atoms with Gasteiger partial charge in [0.1, 0.15) is 5.75 Å². The minimum atomic E-state index is 0.683. The number of para-hydroxylation sites is 1. The lowest BCUT2D eigenvalue weighted by Crippen LogP contribution is -1.93. The summed E-state index contributed by atoms with van der Waals surface area (Å²) in [4.78, 5) is 4.01. The van der Waals surface area contributed by atoms with Crippen LogP contribution in [0.1, 0.15) is 6.92 Å². The quantitative estimate of drug-likeness (QED) is 0.683. The molecule has 0 unspecified atom stereocenters. The largest absolute Gasteiger partial charge is 0.493 e. The number of pyridine rings is 1. The number of aromatic nitrogens is 1. The van der Waals surface area contributed by atoms with Crippen LogP contribution in [0.5, 0.6) is 5.75 Å². The molecule has 3 aromatic rings. The van der Waals surface area contributed by atoms with E-state index < -0.39 is 0 Å². The number of hydrogen-bond acceptors (Lipinski definition) is 2. The van der Waals surface area contributed by atoms with Gasteiger partial charge in [0, 0.05) is 18.0 Å². The van der Waals surface area contributed by atoms with Crippen molar-refractivity contribution in [2.45, 2.75) is 6.92 Å². The van der Waals surface area contributed by atoms with E-state index in [4.69, 9.17) is 4.74 Å². The first-order chi connectivity index (χ1) is 10.4. The Labute approximate surface area is 126 Å². The fraction of sp³-hybridized carbons (Fsp3) is 0.105. The molecule has 0 saturated carbocycles. The van der Waals surface area contributed by atoms with Crippen molar-refractivity contribution in [3.8, 4) is 16.9 Å². The zero-order valence-corrected chi connectivity index (χ0v) is 12.1. The van der Waals surface area contributed by atoms with Gasteiger partial charge in [-0.2, -0.15) is 0 Å². The second-order valence-electron chi connectivity index (χ2n) is 4.32. The third kappa shape index (κ3) is 4.77. The Morgan fingerprint density at radius 2 is 1.33 bits per heavy atom. The first kappa shape index (κ1) is 14.8. The van der Waals surface area contributed by atoms with E-state index in [2.05, 4.69) is 11.1 Å². The molecule has 0 N–H and O–H groups in total. The molecule has 0 spiro atoms. The first-order valence-electron chi connectivity index (χ1n) is 7.04. The van der Waals surface area contributed by atoms with Crippen molar-refractivity contribution in [1.82, 2.24) is 4.98 Å². The maximum atomic E-state index is 5.57. The average Bonchev–Trinajstić information content (AvgIpc) is 2.59. The Hall–Kier alpha value is -2.61. The van der Waals surface area contributed by atoms with E-state index in [0.717, 1.165) is 16.9 Å². The van der Waals surface area contributed by atoms with Gasteiger partial charge < -0.3 is 4.74 Å². The summed E-state index contributed by atoms with van der Waals surface area (Å²) in [7, 11) is 0. The lowest BCUT2D eigenvalue weighted by atomic mass is 10.1. The lowest BCUT2D eigenvalue weighted by Gasteiger charge is -2.09. The summed E-state index contributed by atoms with van der Waals surface area (Å²) in [5.41, 5.74) is 2.25. The molecule has 0 atom stereocenters. The van der Waals surface area contributed by atoms with Gasteiger partial charge in [-0.25, -0.2) is 0 Å². The third-order valence-electron chi connectivity index (χ3n) is 2.84. The van der Waals surface area contributed by atoms with Crippen LogP contribution in [0.4, 0.5) is 0 Å². The van der Waals surface area contributed by atoms with Crippen LogP contribution >= 0.6 is 0 Å². The van der Waals surface area contributed by atoms with Crippen LogP contribution in [0.2, 0.25) is 0 Å². The molecule has 0 amide bonds. The van der Waals surface area contributed by atoms with Crippen molar-refractivity contribution in [2.24, 2.45) is 0 Å². The number of ether oxygens (including phenoxy) is 1. The highest BCUT2D eigenvalue weighted by atomic mass is 16.5. The van der Waals surface area contributed by atoms with E-state index in [1.54, 1.807) is 12.4 Å². The van der Waals surface area contributed by atoms with Crippen LogP contribution in [0, 0.1) is 0 Å². The number of benzene rings is 2. The van der Waals surface area contributed by atoms with Gasteiger partial charge >= 0.3 is 0 Å². The van der Waals surface area contributed by atoms with Gasteiger partial charge in [-0.05, 0) is 30.7 Å². The zero-order chi connectivity index (χ0) is 14.8. The highest BCUT2D eigenvalue weighted by Crippen LogP contribution is 2.28. The molecular weight excluding hydrogens is 258 g/mol. The van der Waals surface area contributed by atoms with E-state index in [-0.39, 0.29) is 0 Å². The molecule has 2 aromatic carbocycles. The molecule has 106 valence electrons. The molecule has 0 aliphatic rings. The summed E-state index contributed by atoms with van der Waals surface area (Å²) >= 11 is 0. The van der Waals surface area contributed by atoms with Gasteiger partial charge in [0.05, 0.1) is 6.61 Å². The summed E-state index contributed by atoms with van der Waals surface area (Å²) in [5.74, 6) is 0.922. The molecule has 0 fully saturated rings. The monoisotopic (exact) mass is 277 g/mol. The van der Waals surface area contributed by atoms with Crippen molar-refractivity contribution < 1.29 is 4.74 Å². The number of hydrogen-bond donors (Lipinski definition) is 0. The average molecular weight is 277 g/mol. The highest BCUT2D eigenvalue weighted by Gasteiger charge is 2.03. The van der Waals surface area contributed by atoms with Gasteiger partial charge in [0.25, 0.3) is 0 Å². The van der Waals surface area contributed by atoms with Crippen LogP contribution in [0.25, 0.3) is 11.1 Å². The molecule has 0 bridgehead atoms. The van der Waals surface area contributed by atoms with Crippen molar-refractivity contribution in [3.05, 3.63) is 85.2 Å². The molecule has 0 radical (unpaired) electrons. The Morgan fingerprint density at radius 3 is 1.90 bits per heavy atom. The Balaban J connectivity index is 0.000000225. The summed E-state index contributed by atoms with van der Waals surface area (Å²) in [5, 5.41) is 0. The van der Waals surface area contributed by atoms with E-state index in [1.165, 1.54) is 0 Å². The van der Waals surface area contributed by atoms with E-state index in [1.807, 2.05) is 73.7 Å². The molecule has 0 aliphatic carbocycles. The fourth-order valence-corrected chi connectivity index (χ4v) is 1.90. The minimum absolute atomic E-state index is 0.683. The topological polar surface area (TPSA) is 22.1 Å². The second-order valence-corrected chi connectivity index (χ2v) is 4.32. The van der Waals surface area contributed by atoms with Gasteiger partial charge in [-0.1, -0.05) is 54.6 Å². The Morgan fingerprint density at radius 1 is 0.762 bits per heavy atom. The van der Waals surface area contributed by atoms with Crippen LogP contribution in [-0.2, 0) is 0 Å². The second kappa shape index (κ2) is 8.54. The maximum absolute atomic E-state index is 5.57. The molecule has 2 nitrogen and oxygen atoms in total. The van der Waals surface area contributed by atoms with Gasteiger partial charge in [-0.15, -0.1) is 0 Å². The molecule has 2 heteroatoms. The van der Waals surface area contributed by atoms with Crippen LogP contribution in [0.3, 0.4) is 0 Å². The summed E-state index contributed by atoms with van der Waals surface area (Å²) in [6, 6.07) is 24.0. The molecule has 0 saturated heterocycles. The predicted molar refractivity (Wildman–Crippen MR) is 87.3 cm³/mol. The van der Waals surface area contributed by atoms with E-state index in [9.17, 15) is 0 Å². The zero-order valence-electron chi connectivity index (χ0n) is 12.1. The Bertz CT molecular complexity index is 597. The normalized spacial score (nSPS) is 9.38. The molecule has 1 aromatic heterocycles. The highest BCUT2D eigenvalue weighted by molar-refractivity contribution is 5.69. The summed E-state index contributed by atoms with van der Waals surface area (Å²) < 4.78 is 5.57. The molecule has 3 rings (SSSR count). The van der Waals surface area contributed by atoms with Crippen molar-refractivity contribution in [2.75, 3.05) is 6.61 Å². The van der Waals surface area contributed by atoms with Crippen LogP contribution < -0.4 is 4.74 Å².